The Hall–Kier alpha value is -0.680. The van der Waals surface area contributed by atoms with Crippen LogP contribution in [0.2, 0.25) is 0 Å². The first-order valence-electron chi connectivity index (χ1n) is 6.83. The van der Waals surface area contributed by atoms with Crippen molar-refractivity contribution in [1.29, 1.82) is 0 Å². The standard InChI is InChI=1S/C15H24O4/c1-6-14(5)8-7-12(17-14)11(4)15(16)9-13(10(2)3)18-19-15/h6,11-13,16H,1-2,7-9H2,3-5H3/t11-,12-,13+,14-,15+/m0/s1. The molecule has 0 saturated carbocycles. The lowest BCUT2D eigenvalue weighted by Gasteiger charge is -2.32. The van der Waals surface area contributed by atoms with Crippen molar-refractivity contribution in [1.82, 2.24) is 0 Å². The Morgan fingerprint density at radius 3 is 2.68 bits per heavy atom. The summed E-state index contributed by atoms with van der Waals surface area (Å²) in [6, 6.07) is 0. The van der Waals surface area contributed by atoms with Crippen LogP contribution in [0.15, 0.2) is 24.8 Å². The number of ether oxygens (including phenoxy) is 1. The number of aliphatic hydroxyl groups is 1. The first-order chi connectivity index (χ1) is 8.80. The van der Waals surface area contributed by atoms with E-state index in [4.69, 9.17) is 14.5 Å². The van der Waals surface area contributed by atoms with E-state index in [1.165, 1.54) is 0 Å². The highest BCUT2D eigenvalue weighted by molar-refractivity contribution is 5.04. The number of hydrogen-bond donors (Lipinski definition) is 1. The van der Waals surface area contributed by atoms with Gasteiger partial charge in [0.15, 0.2) is 0 Å². The molecule has 2 saturated heterocycles. The summed E-state index contributed by atoms with van der Waals surface area (Å²) in [5.74, 6) is -1.47. The van der Waals surface area contributed by atoms with Crippen LogP contribution in [0, 0.1) is 5.92 Å². The summed E-state index contributed by atoms with van der Waals surface area (Å²) in [5, 5.41) is 10.6. The molecule has 0 aromatic rings. The van der Waals surface area contributed by atoms with Crippen molar-refractivity contribution in [3.63, 3.8) is 0 Å². The maximum atomic E-state index is 10.6. The van der Waals surface area contributed by atoms with Gasteiger partial charge in [0.25, 0.3) is 0 Å². The Bertz CT molecular complexity index is 380. The molecule has 2 heterocycles. The zero-order chi connectivity index (χ0) is 14.3. The van der Waals surface area contributed by atoms with E-state index in [9.17, 15) is 5.11 Å². The van der Waals surface area contributed by atoms with Crippen LogP contribution in [0.1, 0.15) is 40.0 Å². The second-order valence-corrected chi connectivity index (χ2v) is 6.06. The first kappa shape index (κ1) is 14.7. The summed E-state index contributed by atoms with van der Waals surface area (Å²) >= 11 is 0. The molecule has 108 valence electrons. The molecule has 2 fully saturated rings. The van der Waals surface area contributed by atoms with E-state index in [-0.39, 0.29) is 23.7 Å². The molecule has 4 nitrogen and oxygen atoms in total. The summed E-state index contributed by atoms with van der Waals surface area (Å²) in [6.07, 6.45) is 3.71. The summed E-state index contributed by atoms with van der Waals surface area (Å²) in [5.41, 5.74) is 0.550. The first-order valence-corrected chi connectivity index (χ1v) is 6.83. The molecule has 2 aliphatic rings. The van der Waals surface area contributed by atoms with Crippen LogP contribution in [0.4, 0.5) is 0 Å². The van der Waals surface area contributed by atoms with Crippen molar-refractivity contribution in [2.24, 2.45) is 5.92 Å². The van der Waals surface area contributed by atoms with Gasteiger partial charge >= 0.3 is 0 Å². The molecule has 1 N–H and O–H groups in total. The van der Waals surface area contributed by atoms with Crippen molar-refractivity contribution in [3.8, 4) is 0 Å². The topological polar surface area (TPSA) is 47.9 Å². The lowest BCUT2D eigenvalue weighted by atomic mass is 9.88. The summed E-state index contributed by atoms with van der Waals surface area (Å²) in [7, 11) is 0. The zero-order valence-electron chi connectivity index (χ0n) is 12.0. The Labute approximate surface area is 115 Å². The Kier molecular flexibility index (Phi) is 3.89. The molecule has 0 spiro atoms. The fourth-order valence-electron chi connectivity index (χ4n) is 2.68. The van der Waals surface area contributed by atoms with Gasteiger partial charge in [-0.1, -0.05) is 19.6 Å². The lowest BCUT2D eigenvalue weighted by molar-refractivity contribution is -0.393. The van der Waals surface area contributed by atoms with E-state index in [1.807, 2.05) is 26.8 Å². The van der Waals surface area contributed by atoms with Crippen molar-refractivity contribution in [3.05, 3.63) is 24.8 Å². The van der Waals surface area contributed by atoms with Crippen LogP contribution in [-0.2, 0) is 14.5 Å². The molecule has 2 aliphatic heterocycles. The van der Waals surface area contributed by atoms with E-state index in [0.29, 0.717) is 6.42 Å². The van der Waals surface area contributed by atoms with Gasteiger partial charge in [-0.3, -0.25) is 0 Å². The van der Waals surface area contributed by atoms with Gasteiger partial charge in [0, 0.05) is 12.3 Å². The molecular formula is C15H24O4. The molecule has 0 unspecified atom stereocenters. The minimum absolute atomic E-state index is 0.0551. The minimum Gasteiger partial charge on any atom is -0.368 e. The zero-order valence-corrected chi connectivity index (χ0v) is 12.0. The lowest BCUT2D eigenvalue weighted by Crippen LogP contribution is -2.43. The largest absolute Gasteiger partial charge is 0.368 e. The third-order valence-corrected chi connectivity index (χ3v) is 4.38. The molecule has 0 bridgehead atoms. The van der Waals surface area contributed by atoms with Crippen molar-refractivity contribution in [2.75, 3.05) is 0 Å². The predicted molar refractivity (Wildman–Crippen MR) is 72.2 cm³/mol. The van der Waals surface area contributed by atoms with Gasteiger partial charge in [0.1, 0.15) is 6.10 Å². The van der Waals surface area contributed by atoms with E-state index in [1.54, 1.807) is 0 Å². The minimum atomic E-state index is -1.30. The smallest absolute Gasteiger partial charge is 0.207 e. The molecule has 19 heavy (non-hydrogen) atoms. The normalized spacial score (nSPS) is 44.2. The van der Waals surface area contributed by atoms with Crippen molar-refractivity contribution in [2.45, 2.75) is 63.6 Å². The molecule has 2 rings (SSSR count). The number of rotatable bonds is 4. The van der Waals surface area contributed by atoms with Crippen molar-refractivity contribution < 1.29 is 19.6 Å². The van der Waals surface area contributed by atoms with Crippen LogP contribution in [-0.4, -0.2) is 28.7 Å². The second kappa shape index (κ2) is 5.02. The predicted octanol–water partition coefficient (Wildman–Crippen LogP) is 2.73. The molecule has 0 aromatic heterocycles. The van der Waals surface area contributed by atoms with Crippen LogP contribution < -0.4 is 0 Å². The SMILES string of the molecule is C=C[C@@]1(C)CC[C@@H]([C@H](C)[C@@]2(O)C[C@H](C(=C)C)OO2)O1. The molecule has 0 radical (unpaired) electrons. The average Bonchev–Trinajstić information content (AvgIpc) is 2.94. The molecular weight excluding hydrogens is 244 g/mol. The highest BCUT2D eigenvalue weighted by Gasteiger charge is 2.51. The fourth-order valence-corrected chi connectivity index (χ4v) is 2.68. The second-order valence-electron chi connectivity index (χ2n) is 6.06. The van der Waals surface area contributed by atoms with Gasteiger partial charge in [-0.05, 0) is 32.3 Å². The average molecular weight is 268 g/mol. The third-order valence-electron chi connectivity index (χ3n) is 4.38. The Balaban J connectivity index is 2.03. The summed E-state index contributed by atoms with van der Waals surface area (Å²) < 4.78 is 6.00. The molecule has 0 amide bonds. The van der Waals surface area contributed by atoms with Gasteiger partial charge in [0.2, 0.25) is 5.79 Å². The number of hydrogen-bond acceptors (Lipinski definition) is 4. The van der Waals surface area contributed by atoms with Crippen molar-refractivity contribution >= 4 is 0 Å². The highest BCUT2D eigenvalue weighted by atomic mass is 17.2. The van der Waals surface area contributed by atoms with E-state index in [2.05, 4.69) is 13.2 Å². The molecule has 4 heteroatoms. The van der Waals surface area contributed by atoms with E-state index >= 15 is 0 Å². The van der Waals surface area contributed by atoms with Gasteiger partial charge in [-0.25, -0.2) is 9.78 Å². The van der Waals surface area contributed by atoms with Crippen LogP contribution >= 0.6 is 0 Å². The van der Waals surface area contributed by atoms with E-state index < -0.39 is 5.79 Å². The molecule has 0 aromatic carbocycles. The van der Waals surface area contributed by atoms with Gasteiger partial charge < -0.3 is 9.84 Å². The highest BCUT2D eigenvalue weighted by Crippen LogP contribution is 2.42. The van der Waals surface area contributed by atoms with Crippen LogP contribution in [0.25, 0.3) is 0 Å². The van der Waals surface area contributed by atoms with E-state index in [0.717, 1.165) is 18.4 Å². The fraction of sp³-hybridized carbons (Fsp3) is 0.733. The third kappa shape index (κ3) is 2.77. The summed E-state index contributed by atoms with van der Waals surface area (Å²) in [6.45, 7) is 13.5. The monoisotopic (exact) mass is 268 g/mol. The van der Waals surface area contributed by atoms with Crippen LogP contribution in [0.3, 0.4) is 0 Å². The van der Waals surface area contributed by atoms with Gasteiger partial charge in [0.05, 0.1) is 11.7 Å². The van der Waals surface area contributed by atoms with Crippen LogP contribution in [0.5, 0.6) is 0 Å². The Morgan fingerprint density at radius 2 is 2.21 bits per heavy atom. The quantitative estimate of drug-likeness (QED) is 0.629. The Morgan fingerprint density at radius 1 is 1.53 bits per heavy atom. The van der Waals surface area contributed by atoms with Gasteiger partial charge in [-0.2, -0.15) is 0 Å². The molecule has 0 aliphatic carbocycles. The van der Waals surface area contributed by atoms with Gasteiger partial charge in [-0.15, -0.1) is 6.58 Å². The molecule has 5 atom stereocenters. The maximum Gasteiger partial charge on any atom is 0.207 e. The maximum absolute atomic E-state index is 10.6. The summed E-state index contributed by atoms with van der Waals surface area (Å²) in [4.78, 5) is 10.3.